The van der Waals surface area contributed by atoms with E-state index in [0.29, 0.717) is 5.56 Å². The topological polar surface area (TPSA) is 44.0 Å². The number of alkyl halides is 3. The number of nitriles is 1. The van der Waals surface area contributed by atoms with Crippen LogP contribution in [0.25, 0.3) is 0 Å². The lowest BCUT2D eigenvalue weighted by atomic mass is 10.0. The zero-order valence-electron chi connectivity index (χ0n) is 9.12. The molecule has 1 rings (SSSR count). The molecule has 0 bridgehead atoms. The van der Waals surface area contributed by atoms with Crippen molar-refractivity contribution in [3.05, 3.63) is 41.3 Å². The van der Waals surface area contributed by atoms with Gasteiger partial charge in [-0.05, 0) is 37.5 Å². The summed E-state index contributed by atoms with van der Waals surface area (Å²) < 4.78 is 37.8. The highest BCUT2D eigenvalue weighted by molar-refractivity contribution is 5.43. The molecule has 0 aliphatic rings. The minimum atomic E-state index is -4.54. The van der Waals surface area contributed by atoms with Crippen LogP contribution in [0.1, 0.15) is 30.0 Å². The van der Waals surface area contributed by atoms with E-state index in [1.807, 2.05) is 0 Å². The van der Waals surface area contributed by atoms with Gasteiger partial charge >= 0.3 is 6.18 Å². The van der Waals surface area contributed by atoms with Gasteiger partial charge in [0.2, 0.25) is 0 Å². The Labute approximate surface area is 97.3 Å². The van der Waals surface area contributed by atoms with Crippen LogP contribution in [0, 0.1) is 17.8 Å². The second kappa shape index (κ2) is 5.19. The molecule has 0 aromatic heterocycles. The summed E-state index contributed by atoms with van der Waals surface area (Å²) in [5.74, 6) is 0. The maximum absolute atomic E-state index is 12.6. The van der Waals surface area contributed by atoms with Crippen LogP contribution < -0.4 is 0 Å². The summed E-state index contributed by atoms with van der Waals surface area (Å²) in [6.45, 7) is 1.55. The van der Waals surface area contributed by atoms with Gasteiger partial charge in [0.05, 0.1) is 23.3 Å². The Kier molecular flexibility index (Phi) is 4.13. The van der Waals surface area contributed by atoms with Crippen molar-refractivity contribution in [3.63, 3.8) is 0 Å². The molecule has 1 unspecified atom stereocenters. The van der Waals surface area contributed by atoms with E-state index in [1.165, 1.54) is 18.6 Å². The van der Waals surface area contributed by atoms with Crippen molar-refractivity contribution in [3.8, 4) is 6.07 Å². The number of benzene rings is 1. The van der Waals surface area contributed by atoms with Crippen LogP contribution in [0.3, 0.4) is 0 Å². The highest BCUT2D eigenvalue weighted by Gasteiger charge is 2.33. The van der Waals surface area contributed by atoms with Gasteiger partial charge in [-0.15, -0.1) is 0 Å². The first-order valence-corrected chi connectivity index (χ1v) is 4.97. The Balaban J connectivity index is 3.02. The van der Waals surface area contributed by atoms with Gasteiger partial charge < -0.3 is 5.11 Å². The quantitative estimate of drug-likeness (QED) is 0.885. The summed E-state index contributed by atoms with van der Waals surface area (Å²) >= 11 is 0. The van der Waals surface area contributed by atoms with Crippen molar-refractivity contribution < 1.29 is 18.3 Å². The number of aliphatic hydroxyl groups excluding tert-OH is 1. The van der Waals surface area contributed by atoms with Crippen LogP contribution in [0.4, 0.5) is 13.2 Å². The Bertz CT molecular complexity index is 432. The van der Waals surface area contributed by atoms with Gasteiger partial charge in [-0.3, -0.25) is 0 Å². The summed E-state index contributed by atoms with van der Waals surface area (Å²) in [5.41, 5.74) is -0.997. The number of halogens is 3. The number of aliphatic hydroxyl groups is 1. The van der Waals surface area contributed by atoms with Crippen LogP contribution in [0.5, 0.6) is 0 Å². The molecule has 5 heteroatoms. The zero-order valence-corrected chi connectivity index (χ0v) is 9.12. The third kappa shape index (κ3) is 3.75. The average molecular weight is 242 g/mol. The van der Waals surface area contributed by atoms with Gasteiger partial charge in [-0.2, -0.15) is 18.4 Å². The van der Waals surface area contributed by atoms with Gasteiger partial charge in [-0.1, -0.05) is 6.07 Å². The lowest BCUT2D eigenvalue weighted by molar-refractivity contribution is -0.137. The van der Waals surface area contributed by atoms with E-state index in [9.17, 15) is 13.2 Å². The van der Waals surface area contributed by atoms with Crippen LogP contribution in [0.2, 0.25) is 0 Å². The van der Waals surface area contributed by atoms with Crippen LogP contribution >= 0.6 is 0 Å². The number of hydrogen-bond acceptors (Lipinski definition) is 2. The normalized spacial score (nSPS) is 13.2. The average Bonchev–Trinajstić information content (AvgIpc) is 2.24. The Morgan fingerprint density at radius 3 is 2.59 bits per heavy atom. The molecule has 17 heavy (non-hydrogen) atoms. The fraction of sp³-hybridized carbons (Fsp3) is 0.333. The number of hydrogen-bond donors (Lipinski definition) is 1. The second-order valence-corrected chi connectivity index (χ2v) is 3.70. The van der Waals surface area contributed by atoms with E-state index in [0.717, 1.165) is 12.1 Å². The van der Waals surface area contributed by atoms with Crippen molar-refractivity contribution in [1.29, 1.82) is 5.26 Å². The first kappa shape index (κ1) is 13.5. The predicted molar refractivity (Wildman–Crippen MR) is 55.9 cm³/mol. The van der Waals surface area contributed by atoms with Gasteiger partial charge in [0, 0.05) is 0 Å². The van der Waals surface area contributed by atoms with E-state index >= 15 is 0 Å². The van der Waals surface area contributed by atoms with E-state index < -0.39 is 23.4 Å². The maximum atomic E-state index is 12.6. The lowest BCUT2D eigenvalue weighted by Gasteiger charge is -2.11. The summed E-state index contributed by atoms with van der Waals surface area (Å²) in [7, 11) is 0. The van der Waals surface area contributed by atoms with E-state index in [4.69, 9.17) is 10.4 Å². The molecule has 0 fully saturated rings. The lowest BCUT2D eigenvalue weighted by Crippen LogP contribution is -2.09. The van der Waals surface area contributed by atoms with Crippen molar-refractivity contribution >= 4 is 0 Å². The largest absolute Gasteiger partial charge is 0.417 e. The molecule has 0 amide bonds. The molecule has 1 atom stereocenters. The van der Waals surface area contributed by atoms with Crippen molar-refractivity contribution in [2.24, 2.45) is 0 Å². The molecular formula is C12H11F3NO. The fourth-order valence-electron chi connectivity index (χ4n) is 1.33. The molecule has 1 radical (unpaired) electrons. The summed E-state index contributed by atoms with van der Waals surface area (Å²) in [6, 6.07) is 4.99. The Morgan fingerprint density at radius 2 is 2.12 bits per heavy atom. The predicted octanol–water partition coefficient (Wildman–Crippen LogP) is 2.90. The van der Waals surface area contributed by atoms with Crippen molar-refractivity contribution in [2.45, 2.75) is 25.6 Å². The summed E-state index contributed by atoms with van der Waals surface area (Å²) in [6.07, 6.45) is -3.38. The van der Waals surface area contributed by atoms with E-state index in [1.54, 1.807) is 6.92 Å². The minimum Gasteiger partial charge on any atom is -0.393 e. The van der Waals surface area contributed by atoms with Gasteiger partial charge in [0.15, 0.2) is 0 Å². The molecule has 2 nitrogen and oxygen atoms in total. The molecule has 1 aromatic carbocycles. The molecular weight excluding hydrogens is 231 g/mol. The maximum Gasteiger partial charge on any atom is 0.417 e. The molecule has 0 saturated heterocycles. The highest BCUT2D eigenvalue weighted by Crippen LogP contribution is 2.32. The first-order valence-electron chi connectivity index (χ1n) is 4.97. The third-order valence-electron chi connectivity index (χ3n) is 2.16. The van der Waals surface area contributed by atoms with Gasteiger partial charge in [-0.25, -0.2) is 0 Å². The molecule has 1 aromatic rings. The number of nitrogens with zero attached hydrogens (tertiary/aromatic N) is 1. The Morgan fingerprint density at radius 1 is 1.47 bits per heavy atom. The number of rotatable bonds is 3. The highest BCUT2D eigenvalue weighted by atomic mass is 19.4. The zero-order chi connectivity index (χ0) is 13.1. The van der Waals surface area contributed by atoms with Crippen molar-refractivity contribution in [1.82, 2.24) is 0 Å². The molecule has 0 saturated carbocycles. The minimum absolute atomic E-state index is 0.267. The molecule has 91 valence electrons. The molecule has 0 spiro atoms. The van der Waals surface area contributed by atoms with Crippen LogP contribution in [-0.4, -0.2) is 11.2 Å². The monoisotopic (exact) mass is 242 g/mol. The molecule has 1 N–H and O–H groups in total. The third-order valence-corrected chi connectivity index (χ3v) is 2.16. The SMILES string of the molecule is CC(O)C[CH]c1ccc(C#N)c(C(F)(F)F)c1. The van der Waals surface area contributed by atoms with E-state index in [2.05, 4.69) is 0 Å². The van der Waals surface area contributed by atoms with Gasteiger partial charge in [0.1, 0.15) is 0 Å². The van der Waals surface area contributed by atoms with Crippen LogP contribution in [0.15, 0.2) is 18.2 Å². The fourth-order valence-corrected chi connectivity index (χ4v) is 1.33. The summed E-state index contributed by atoms with van der Waals surface area (Å²) in [5, 5.41) is 17.6. The van der Waals surface area contributed by atoms with Crippen LogP contribution in [-0.2, 0) is 6.18 Å². The summed E-state index contributed by atoms with van der Waals surface area (Å²) in [4.78, 5) is 0. The molecule has 0 aliphatic heterocycles. The smallest absolute Gasteiger partial charge is 0.393 e. The second-order valence-electron chi connectivity index (χ2n) is 3.70. The van der Waals surface area contributed by atoms with E-state index in [-0.39, 0.29) is 6.42 Å². The standard InChI is InChI=1S/C12H11F3NO/c1-8(17)2-3-9-4-5-10(7-16)11(6-9)12(13,14)15/h3-6,8,17H,2H2,1H3. The Hall–Kier alpha value is -1.54. The van der Waals surface area contributed by atoms with Crippen molar-refractivity contribution in [2.75, 3.05) is 0 Å². The molecule has 0 heterocycles. The van der Waals surface area contributed by atoms with Gasteiger partial charge in [0.25, 0.3) is 0 Å². The molecule has 0 aliphatic carbocycles. The first-order chi connectivity index (χ1) is 7.84.